The van der Waals surface area contributed by atoms with Gasteiger partial charge in [-0.2, -0.15) is 0 Å². The molecule has 1 rings (SSSR count). The van der Waals surface area contributed by atoms with Crippen LogP contribution in [0.5, 0.6) is 0 Å². The fourth-order valence-electron chi connectivity index (χ4n) is 2.64. The fourth-order valence-corrected chi connectivity index (χ4v) is 3.11. The van der Waals surface area contributed by atoms with E-state index in [1.807, 2.05) is 0 Å². The van der Waals surface area contributed by atoms with E-state index >= 15 is 0 Å². The van der Waals surface area contributed by atoms with Gasteiger partial charge in [0.2, 0.25) is 0 Å². The van der Waals surface area contributed by atoms with Crippen LogP contribution in [0.1, 0.15) is 76.7 Å². The van der Waals surface area contributed by atoms with Gasteiger partial charge in [-0.1, -0.05) is 76.8 Å². The number of hydrogen-bond donors (Lipinski definition) is 2. The molecule has 0 aliphatic rings. The van der Waals surface area contributed by atoms with Crippen LogP contribution in [0.3, 0.4) is 0 Å². The van der Waals surface area contributed by atoms with Crippen LogP contribution >= 0.6 is 0 Å². The molecule has 0 radical (unpaired) electrons. The van der Waals surface area contributed by atoms with Crippen molar-refractivity contribution in [3.8, 4) is 0 Å². The average Bonchev–Trinajstić information content (AvgIpc) is 2.63. The van der Waals surface area contributed by atoms with Crippen molar-refractivity contribution in [1.82, 2.24) is 0 Å². The number of quaternary nitrogens is 1. The van der Waals surface area contributed by atoms with E-state index < -0.39 is 10.1 Å². The molecule has 0 heterocycles. The first-order valence-corrected chi connectivity index (χ1v) is 11.4. The third-order valence-corrected chi connectivity index (χ3v) is 5.08. The summed E-state index contributed by atoms with van der Waals surface area (Å²) in [4.78, 5) is -0.140. The van der Waals surface area contributed by atoms with Gasteiger partial charge in [0.1, 0.15) is 10.1 Å². The van der Waals surface area contributed by atoms with Gasteiger partial charge in [-0.25, -0.2) is 8.42 Å². The maximum atomic E-state index is 10.8. The monoisotopic (exact) mass is 386 g/mol. The van der Waals surface area contributed by atoms with Crippen molar-refractivity contribution in [2.75, 3.05) is 13.1 Å². The van der Waals surface area contributed by atoms with E-state index in [1.165, 1.54) is 69.9 Å². The first-order valence-electron chi connectivity index (χ1n) is 9.99. The van der Waals surface area contributed by atoms with Crippen molar-refractivity contribution in [2.24, 2.45) is 5.73 Å². The molecular formula is C20H38N2O3S. The molecule has 0 amide bonds. The minimum Gasteiger partial charge on any atom is -0.744 e. The summed E-state index contributed by atoms with van der Waals surface area (Å²) >= 11 is 0. The number of rotatable bonds is 13. The molecule has 26 heavy (non-hydrogen) atoms. The smallest absolute Gasteiger partial charge is 0.124 e. The standard InChI is InChI=1S/C18H30O3S.C2H8N2/c1-2-3-4-5-6-7-8-9-10-11-12-17-13-15-18(16-14-17)22(19,20)21;3-1-2-4/h13-16H,2-12H2,1H3,(H,19,20,21);1-4H2. The zero-order valence-corrected chi connectivity index (χ0v) is 17.2. The summed E-state index contributed by atoms with van der Waals surface area (Å²) in [5, 5.41) is 0. The number of benzene rings is 1. The van der Waals surface area contributed by atoms with Gasteiger partial charge in [0.25, 0.3) is 0 Å². The molecule has 6 heteroatoms. The molecule has 0 atom stereocenters. The van der Waals surface area contributed by atoms with Crippen molar-refractivity contribution >= 4 is 10.1 Å². The first kappa shape index (κ1) is 25.1. The maximum absolute atomic E-state index is 10.8. The Bertz CT molecular complexity index is 528. The SMILES string of the molecule is CCCCCCCCCCCCc1ccc(S(=O)(=O)[O-])cc1.NCC[NH3+]. The van der Waals surface area contributed by atoms with Crippen LogP contribution in [0.4, 0.5) is 0 Å². The van der Waals surface area contributed by atoms with E-state index in [2.05, 4.69) is 12.7 Å². The Balaban J connectivity index is 0.00000141. The Morgan fingerprint density at radius 2 is 1.31 bits per heavy atom. The normalized spacial score (nSPS) is 11.1. The molecule has 0 unspecified atom stereocenters. The minimum atomic E-state index is -4.31. The quantitative estimate of drug-likeness (QED) is 0.400. The summed E-state index contributed by atoms with van der Waals surface area (Å²) in [7, 11) is -4.31. The third kappa shape index (κ3) is 14.2. The molecule has 5 nitrogen and oxygen atoms in total. The lowest BCUT2D eigenvalue weighted by Crippen LogP contribution is -2.53. The van der Waals surface area contributed by atoms with E-state index in [4.69, 9.17) is 5.73 Å². The lowest BCUT2D eigenvalue weighted by molar-refractivity contribution is -0.363. The van der Waals surface area contributed by atoms with Crippen LogP contribution in [-0.4, -0.2) is 26.1 Å². The topological polar surface area (TPSA) is 111 Å². The van der Waals surface area contributed by atoms with Crippen LogP contribution < -0.4 is 11.5 Å². The molecule has 0 aliphatic heterocycles. The molecule has 0 bridgehead atoms. The molecule has 1 aromatic carbocycles. The summed E-state index contributed by atoms with van der Waals surface area (Å²) in [5.41, 5.74) is 9.55. The Labute approximate surface area is 160 Å². The molecule has 0 spiro atoms. The maximum Gasteiger partial charge on any atom is 0.124 e. The van der Waals surface area contributed by atoms with E-state index in [9.17, 15) is 13.0 Å². The van der Waals surface area contributed by atoms with Crippen molar-refractivity contribution in [3.63, 3.8) is 0 Å². The number of aryl methyl sites for hydroxylation is 1. The van der Waals surface area contributed by atoms with Gasteiger partial charge in [0.15, 0.2) is 0 Å². The highest BCUT2D eigenvalue weighted by Crippen LogP contribution is 2.14. The zero-order chi connectivity index (χ0) is 19.7. The van der Waals surface area contributed by atoms with Crippen molar-refractivity contribution in [1.29, 1.82) is 0 Å². The molecular weight excluding hydrogens is 348 g/mol. The summed E-state index contributed by atoms with van der Waals surface area (Å²) in [6.07, 6.45) is 14.0. The highest BCUT2D eigenvalue weighted by molar-refractivity contribution is 7.85. The van der Waals surface area contributed by atoms with Crippen LogP contribution in [-0.2, 0) is 16.5 Å². The molecule has 0 aliphatic carbocycles. The molecule has 152 valence electrons. The highest BCUT2D eigenvalue weighted by Gasteiger charge is 2.01. The van der Waals surface area contributed by atoms with Crippen LogP contribution in [0.2, 0.25) is 0 Å². The van der Waals surface area contributed by atoms with E-state index in [0.717, 1.165) is 24.9 Å². The average molecular weight is 387 g/mol. The lowest BCUT2D eigenvalue weighted by atomic mass is 10.0. The van der Waals surface area contributed by atoms with Gasteiger partial charge in [-0.05, 0) is 30.5 Å². The Morgan fingerprint density at radius 3 is 1.69 bits per heavy atom. The molecule has 0 saturated heterocycles. The Morgan fingerprint density at radius 1 is 0.885 bits per heavy atom. The van der Waals surface area contributed by atoms with Crippen molar-refractivity contribution in [3.05, 3.63) is 29.8 Å². The second-order valence-corrected chi connectivity index (χ2v) is 8.05. The summed E-state index contributed by atoms with van der Waals surface area (Å²) < 4.78 is 32.5. The second-order valence-electron chi connectivity index (χ2n) is 6.67. The summed E-state index contributed by atoms with van der Waals surface area (Å²) in [6.45, 7) is 3.80. The fraction of sp³-hybridized carbons (Fsp3) is 0.700. The largest absolute Gasteiger partial charge is 0.744 e. The second kappa shape index (κ2) is 16.2. The van der Waals surface area contributed by atoms with E-state index in [-0.39, 0.29) is 4.90 Å². The summed E-state index contributed by atoms with van der Waals surface area (Å²) in [6, 6.07) is 6.32. The molecule has 5 N–H and O–H groups in total. The van der Waals surface area contributed by atoms with E-state index in [1.54, 1.807) is 12.1 Å². The Kier molecular flexibility index (Phi) is 15.6. The number of nitrogens with two attached hydrogens (primary N) is 1. The first-order chi connectivity index (χ1) is 12.5. The van der Waals surface area contributed by atoms with Crippen molar-refractivity contribution in [2.45, 2.75) is 82.4 Å². The Hall–Kier alpha value is -0.950. The molecule has 0 aromatic heterocycles. The zero-order valence-electron chi connectivity index (χ0n) is 16.4. The van der Waals surface area contributed by atoms with Crippen molar-refractivity contribution < 1.29 is 18.7 Å². The van der Waals surface area contributed by atoms with Gasteiger partial charge >= 0.3 is 0 Å². The summed E-state index contributed by atoms with van der Waals surface area (Å²) in [5.74, 6) is 0. The molecule has 0 saturated carbocycles. The van der Waals surface area contributed by atoms with Crippen LogP contribution in [0.25, 0.3) is 0 Å². The number of hydrogen-bond acceptors (Lipinski definition) is 4. The van der Waals surface area contributed by atoms with Gasteiger partial charge in [0.05, 0.1) is 11.4 Å². The van der Waals surface area contributed by atoms with E-state index in [0.29, 0.717) is 6.54 Å². The van der Waals surface area contributed by atoms with Gasteiger partial charge in [0, 0.05) is 6.54 Å². The van der Waals surface area contributed by atoms with Gasteiger partial charge in [-0.3, -0.25) is 0 Å². The highest BCUT2D eigenvalue weighted by atomic mass is 32.2. The van der Waals surface area contributed by atoms with Crippen LogP contribution in [0, 0.1) is 0 Å². The minimum absolute atomic E-state index is 0.140. The molecule has 0 fully saturated rings. The molecule has 1 aromatic rings. The third-order valence-electron chi connectivity index (χ3n) is 4.24. The predicted molar refractivity (Wildman–Crippen MR) is 107 cm³/mol. The number of unbranched alkanes of at least 4 members (excludes halogenated alkanes) is 9. The van der Waals surface area contributed by atoms with Gasteiger partial charge < -0.3 is 16.0 Å². The lowest BCUT2D eigenvalue weighted by Gasteiger charge is -2.08. The van der Waals surface area contributed by atoms with Crippen LogP contribution in [0.15, 0.2) is 29.2 Å². The van der Waals surface area contributed by atoms with Gasteiger partial charge in [-0.15, -0.1) is 0 Å². The predicted octanol–water partition coefficient (Wildman–Crippen LogP) is 3.24.